The molecule has 1 aromatic heterocycles. The van der Waals surface area contributed by atoms with E-state index in [0.29, 0.717) is 0 Å². The second-order valence-corrected chi connectivity index (χ2v) is 6.34. The molecule has 0 saturated carbocycles. The summed E-state index contributed by atoms with van der Waals surface area (Å²) in [6.07, 6.45) is 1.41. The number of carbonyl (C=O) groups is 1. The molecule has 21 heavy (non-hydrogen) atoms. The first-order valence-corrected chi connectivity index (χ1v) is 7.71. The smallest absolute Gasteiger partial charge is 0.337 e. The Bertz CT molecular complexity index is 809. The summed E-state index contributed by atoms with van der Waals surface area (Å²) in [6.45, 7) is 0. The summed E-state index contributed by atoms with van der Waals surface area (Å²) in [6, 6.07) is 6.30. The van der Waals surface area contributed by atoms with Crippen molar-refractivity contribution in [3.8, 4) is 0 Å². The van der Waals surface area contributed by atoms with E-state index in [1.54, 1.807) is 0 Å². The number of pyridine rings is 1. The zero-order valence-electron chi connectivity index (χ0n) is 10.2. The van der Waals surface area contributed by atoms with Crippen molar-refractivity contribution in [1.29, 1.82) is 0 Å². The van der Waals surface area contributed by atoms with Gasteiger partial charge < -0.3 is 5.11 Å². The average Bonchev–Trinajstić information content (AvgIpc) is 2.41. The van der Waals surface area contributed by atoms with Crippen LogP contribution >= 0.6 is 23.2 Å². The number of anilines is 1. The number of benzene rings is 1. The van der Waals surface area contributed by atoms with Gasteiger partial charge in [-0.2, -0.15) is 0 Å². The van der Waals surface area contributed by atoms with Crippen LogP contribution in [0.5, 0.6) is 0 Å². The van der Waals surface area contributed by atoms with Gasteiger partial charge in [-0.1, -0.05) is 23.2 Å². The van der Waals surface area contributed by atoms with Crippen molar-refractivity contribution in [2.24, 2.45) is 0 Å². The van der Waals surface area contributed by atoms with Crippen molar-refractivity contribution in [2.75, 3.05) is 4.72 Å². The molecule has 0 aliphatic rings. The molecule has 9 heteroatoms. The number of aromatic nitrogens is 1. The second-order valence-electron chi connectivity index (χ2n) is 3.89. The number of nitrogens with one attached hydrogen (secondary N) is 1. The van der Waals surface area contributed by atoms with E-state index < -0.39 is 16.0 Å². The highest BCUT2D eigenvalue weighted by molar-refractivity contribution is 7.92. The fourth-order valence-electron chi connectivity index (χ4n) is 1.50. The molecule has 2 N–H and O–H groups in total. The molecular weight excluding hydrogens is 339 g/mol. The Kier molecular flexibility index (Phi) is 4.36. The first-order valence-electron chi connectivity index (χ1n) is 5.47. The number of hydrogen-bond donors (Lipinski definition) is 2. The number of halogens is 2. The lowest BCUT2D eigenvalue weighted by Crippen LogP contribution is -2.14. The van der Waals surface area contributed by atoms with Gasteiger partial charge in [-0.15, -0.1) is 0 Å². The molecule has 0 unspecified atom stereocenters. The summed E-state index contributed by atoms with van der Waals surface area (Å²) < 4.78 is 26.6. The van der Waals surface area contributed by atoms with Gasteiger partial charge in [0.25, 0.3) is 10.0 Å². The molecule has 0 spiro atoms. The van der Waals surface area contributed by atoms with Crippen LogP contribution in [0.1, 0.15) is 10.4 Å². The zero-order valence-corrected chi connectivity index (χ0v) is 12.6. The third-order valence-electron chi connectivity index (χ3n) is 2.48. The lowest BCUT2D eigenvalue weighted by Gasteiger charge is -2.10. The summed E-state index contributed by atoms with van der Waals surface area (Å²) >= 11 is 11.5. The van der Waals surface area contributed by atoms with Crippen LogP contribution in [0.4, 0.5) is 5.69 Å². The molecular formula is C12H8Cl2N2O4S. The first-order chi connectivity index (χ1) is 9.81. The molecule has 0 aliphatic carbocycles. The molecule has 2 aromatic rings. The van der Waals surface area contributed by atoms with E-state index in [4.69, 9.17) is 28.3 Å². The van der Waals surface area contributed by atoms with Crippen LogP contribution < -0.4 is 4.72 Å². The van der Waals surface area contributed by atoms with E-state index in [2.05, 4.69) is 9.71 Å². The van der Waals surface area contributed by atoms with Gasteiger partial charge in [-0.25, -0.2) is 18.2 Å². The number of nitrogens with zero attached hydrogens (tertiary/aromatic N) is 1. The highest BCUT2D eigenvalue weighted by Gasteiger charge is 2.19. The Balaban J connectivity index is 2.43. The molecule has 0 atom stereocenters. The van der Waals surface area contributed by atoms with Gasteiger partial charge in [0.05, 0.1) is 21.2 Å². The van der Waals surface area contributed by atoms with Crippen LogP contribution in [-0.4, -0.2) is 24.5 Å². The Morgan fingerprint density at radius 2 is 1.95 bits per heavy atom. The predicted octanol–water partition coefficient (Wildman–Crippen LogP) is 2.89. The molecule has 0 saturated heterocycles. The van der Waals surface area contributed by atoms with Gasteiger partial charge in [-0.3, -0.25) is 4.72 Å². The van der Waals surface area contributed by atoms with Crippen molar-refractivity contribution in [3.63, 3.8) is 0 Å². The minimum absolute atomic E-state index is 0.0199. The lowest BCUT2D eigenvalue weighted by atomic mass is 10.2. The topological polar surface area (TPSA) is 96.4 Å². The molecule has 0 radical (unpaired) electrons. The van der Waals surface area contributed by atoms with Gasteiger partial charge in [0.1, 0.15) is 0 Å². The molecule has 0 bridgehead atoms. The summed E-state index contributed by atoms with van der Waals surface area (Å²) in [5, 5.41) is 8.88. The number of hydrogen-bond acceptors (Lipinski definition) is 4. The Morgan fingerprint density at radius 1 is 1.24 bits per heavy atom. The SMILES string of the molecule is O=C(O)c1cc(S(=O)(=O)Nc2cccnc2Cl)ccc1Cl. The van der Waals surface area contributed by atoms with Gasteiger partial charge in [0.2, 0.25) is 0 Å². The van der Waals surface area contributed by atoms with Crippen LogP contribution in [0.3, 0.4) is 0 Å². The van der Waals surface area contributed by atoms with Crippen LogP contribution in [0, 0.1) is 0 Å². The summed E-state index contributed by atoms with van der Waals surface area (Å²) in [4.78, 5) is 14.5. The number of rotatable bonds is 4. The van der Waals surface area contributed by atoms with E-state index in [1.807, 2.05) is 0 Å². The molecule has 2 rings (SSSR count). The van der Waals surface area contributed by atoms with Crippen LogP contribution in [0.2, 0.25) is 10.2 Å². The second kappa shape index (κ2) is 5.88. The molecule has 0 fully saturated rings. The van der Waals surface area contributed by atoms with Crippen LogP contribution in [0.15, 0.2) is 41.4 Å². The fourth-order valence-corrected chi connectivity index (χ4v) is 3.01. The third kappa shape index (κ3) is 3.44. The normalized spacial score (nSPS) is 11.1. The van der Waals surface area contributed by atoms with E-state index in [-0.39, 0.29) is 26.3 Å². The number of carboxylic acid groups (broad SMARTS) is 1. The van der Waals surface area contributed by atoms with E-state index in [9.17, 15) is 13.2 Å². The van der Waals surface area contributed by atoms with Crippen molar-refractivity contribution >= 4 is 44.9 Å². The average molecular weight is 347 g/mol. The maximum atomic E-state index is 12.2. The van der Waals surface area contributed by atoms with Crippen LogP contribution in [0.25, 0.3) is 0 Å². The Morgan fingerprint density at radius 3 is 2.57 bits per heavy atom. The monoisotopic (exact) mass is 346 g/mol. The fraction of sp³-hybridized carbons (Fsp3) is 0. The molecule has 0 aliphatic heterocycles. The Hall–Kier alpha value is -1.83. The van der Waals surface area contributed by atoms with E-state index >= 15 is 0 Å². The zero-order chi connectivity index (χ0) is 15.6. The lowest BCUT2D eigenvalue weighted by molar-refractivity contribution is 0.0697. The van der Waals surface area contributed by atoms with Crippen molar-refractivity contribution in [1.82, 2.24) is 4.98 Å². The minimum Gasteiger partial charge on any atom is -0.478 e. The molecule has 110 valence electrons. The summed E-state index contributed by atoms with van der Waals surface area (Å²) in [5.41, 5.74) is -0.220. The first kappa shape index (κ1) is 15.6. The number of sulfonamides is 1. The van der Waals surface area contributed by atoms with Crippen molar-refractivity contribution in [2.45, 2.75) is 4.90 Å². The largest absolute Gasteiger partial charge is 0.478 e. The van der Waals surface area contributed by atoms with Gasteiger partial charge in [0.15, 0.2) is 5.15 Å². The third-order valence-corrected chi connectivity index (χ3v) is 4.48. The number of carboxylic acids is 1. The molecule has 1 heterocycles. The van der Waals surface area contributed by atoms with E-state index in [1.165, 1.54) is 30.5 Å². The highest BCUT2D eigenvalue weighted by atomic mass is 35.5. The quantitative estimate of drug-likeness (QED) is 0.829. The molecule has 0 amide bonds. The maximum Gasteiger partial charge on any atom is 0.337 e. The Labute approximate surface area is 130 Å². The molecule has 6 nitrogen and oxygen atoms in total. The number of aromatic carboxylic acids is 1. The maximum absolute atomic E-state index is 12.2. The van der Waals surface area contributed by atoms with Gasteiger partial charge in [-0.05, 0) is 30.3 Å². The minimum atomic E-state index is -4.01. The highest BCUT2D eigenvalue weighted by Crippen LogP contribution is 2.24. The summed E-state index contributed by atoms with van der Waals surface area (Å²) in [7, 11) is -4.01. The van der Waals surface area contributed by atoms with Crippen LogP contribution in [-0.2, 0) is 10.0 Å². The van der Waals surface area contributed by atoms with Crippen molar-refractivity contribution < 1.29 is 18.3 Å². The predicted molar refractivity (Wildman–Crippen MR) is 78.5 cm³/mol. The van der Waals surface area contributed by atoms with E-state index in [0.717, 1.165) is 6.07 Å². The summed E-state index contributed by atoms with van der Waals surface area (Å²) in [5.74, 6) is -1.32. The standard InChI is InChI=1S/C12H8Cl2N2O4S/c13-9-4-3-7(6-8(9)12(17)18)21(19,20)16-10-2-1-5-15-11(10)14/h1-6,16H,(H,17,18). The van der Waals surface area contributed by atoms with Crippen molar-refractivity contribution in [3.05, 3.63) is 52.3 Å². The van der Waals surface area contributed by atoms with Gasteiger partial charge in [0, 0.05) is 6.20 Å². The van der Waals surface area contributed by atoms with Gasteiger partial charge >= 0.3 is 5.97 Å². The molecule has 1 aromatic carbocycles.